The van der Waals surface area contributed by atoms with E-state index in [1.54, 1.807) is 13.0 Å². The molecule has 0 atom stereocenters. The van der Waals surface area contributed by atoms with Crippen molar-refractivity contribution in [3.8, 4) is 0 Å². The monoisotopic (exact) mass is 287 g/mol. The molecule has 1 rings (SSSR count). The summed E-state index contributed by atoms with van der Waals surface area (Å²) < 4.78 is 28.5. The molecule has 0 fully saturated rings. The predicted octanol–water partition coefficient (Wildman–Crippen LogP) is 1.14. The van der Waals surface area contributed by atoms with Gasteiger partial charge in [-0.1, -0.05) is 23.9 Å². The Labute approximate surface area is 112 Å². The van der Waals surface area contributed by atoms with E-state index < -0.39 is 10.0 Å². The van der Waals surface area contributed by atoms with E-state index in [2.05, 4.69) is 0 Å². The van der Waals surface area contributed by atoms with Gasteiger partial charge in [0.2, 0.25) is 0 Å². The molecule has 1 aromatic rings. The minimum atomic E-state index is -3.78. The maximum atomic E-state index is 11.9. The number of ketones is 1. The molecule has 0 saturated carbocycles. The first-order valence-electron chi connectivity index (χ1n) is 5.77. The van der Waals surface area contributed by atoms with Crippen LogP contribution in [0.5, 0.6) is 0 Å². The number of benzene rings is 1. The third-order valence-electron chi connectivity index (χ3n) is 2.35. The van der Waals surface area contributed by atoms with E-state index in [-0.39, 0.29) is 23.9 Å². The van der Waals surface area contributed by atoms with Crippen LogP contribution >= 0.6 is 0 Å². The third-order valence-corrected chi connectivity index (χ3v) is 3.56. The van der Waals surface area contributed by atoms with E-state index in [4.69, 9.17) is 9.57 Å². The molecule has 0 radical (unpaired) electrons. The van der Waals surface area contributed by atoms with Crippen LogP contribution in [0, 0.1) is 0 Å². The summed E-state index contributed by atoms with van der Waals surface area (Å²) in [6.07, 6.45) is 0.321. The number of hydrogen-bond acceptors (Lipinski definition) is 5. The third kappa shape index (κ3) is 4.71. The van der Waals surface area contributed by atoms with Crippen molar-refractivity contribution in [2.75, 3.05) is 20.3 Å². The lowest BCUT2D eigenvalue weighted by atomic mass is 10.1. The maximum absolute atomic E-state index is 11.9. The highest BCUT2D eigenvalue weighted by molar-refractivity contribution is 7.89. The van der Waals surface area contributed by atoms with E-state index in [1.807, 2.05) is 4.89 Å². The van der Waals surface area contributed by atoms with Crippen LogP contribution in [0.2, 0.25) is 0 Å². The van der Waals surface area contributed by atoms with Crippen molar-refractivity contribution in [3.63, 3.8) is 0 Å². The summed E-state index contributed by atoms with van der Waals surface area (Å²) in [5.41, 5.74) is 0.363. The average Bonchev–Trinajstić information content (AvgIpc) is 2.43. The Bertz CT molecular complexity index is 527. The molecule has 0 aliphatic carbocycles. The van der Waals surface area contributed by atoms with Crippen molar-refractivity contribution in [2.45, 2.75) is 18.2 Å². The summed E-state index contributed by atoms with van der Waals surface area (Å²) in [4.78, 5) is 18.3. The molecule has 6 nitrogen and oxygen atoms in total. The second kappa shape index (κ2) is 7.34. The number of rotatable bonds is 8. The number of methoxy groups -OCH3 is 1. The van der Waals surface area contributed by atoms with Crippen LogP contribution in [0.15, 0.2) is 29.2 Å². The molecule has 0 aliphatic heterocycles. The number of carbonyl (C=O) groups excluding carboxylic acids is 1. The molecular formula is C12H17NO5S. The number of sulfonamides is 1. The van der Waals surface area contributed by atoms with Crippen molar-refractivity contribution in [3.05, 3.63) is 29.8 Å². The summed E-state index contributed by atoms with van der Waals surface area (Å²) in [6.45, 7) is 2.09. The first-order chi connectivity index (χ1) is 9.01. The number of Topliss-reactive ketones (excluding diaryl/α,β-unsaturated/α-hetero) is 1. The van der Waals surface area contributed by atoms with Gasteiger partial charge in [-0.3, -0.25) is 9.63 Å². The van der Waals surface area contributed by atoms with E-state index in [0.29, 0.717) is 12.0 Å². The fourth-order valence-electron chi connectivity index (χ4n) is 1.33. The number of hydrogen-bond donors (Lipinski definition) is 1. The highest BCUT2D eigenvalue weighted by atomic mass is 32.2. The predicted molar refractivity (Wildman–Crippen MR) is 69.2 cm³/mol. The number of nitrogens with one attached hydrogen (secondary N) is 1. The van der Waals surface area contributed by atoms with Gasteiger partial charge >= 0.3 is 0 Å². The van der Waals surface area contributed by atoms with Gasteiger partial charge in [-0.15, -0.1) is 0 Å². The van der Waals surface area contributed by atoms with Crippen LogP contribution in [-0.4, -0.2) is 34.5 Å². The van der Waals surface area contributed by atoms with Gasteiger partial charge in [-0.05, 0) is 12.1 Å². The molecule has 7 heteroatoms. The van der Waals surface area contributed by atoms with Gasteiger partial charge in [0.15, 0.2) is 5.78 Å². The fourth-order valence-corrected chi connectivity index (χ4v) is 2.21. The van der Waals surface area contributed by atoms with Gasteiger partial charge < -0.3 is 4.74 Å². The summed E-state index contributed by atoms with van der Waals surface area (Å²) >= 11 is 0. The van der Waals surface area contributed by atoms with Crippen LogP contribution in [0.1, 0.15) is 23.7 Å². The highest BCUT2D eigenvalue weighted by Gasteiger charge is 2.15. The Morgan fingerprint density at radius 3 is 2.68 bits per heavy atom. The zero-order valence-corrected chi connectivity index (χ0v) is 11.7. The standard InChI is InChI=1S/C12H17NO5S/c1-3-12(14)10-5-4-6-11(9-10)19(15,16)13-18-8-7-17-2/h4-6,9,13H,3,7-8H2,1-2H3. The lowest BCUT2D eigenvalue weighted by Crippen LogP contribution is -2.25. The van der Waals surface area contributed by atoms with Crippen molar-refractivity contribution >= 4 is 15.8 Å². The molecule has 106 valence electrons. The summed E-state index contributed by atoms with van der Waals surface area (Å²) in [6, 6.07) is 5.82. The van der Waals surface area contributed by atoms with Gasteiger partial charge in [0, 0.05) is 19.1 Å². The number of carbonyl (C=O) groups is 1. The van der Waals surface area contributed by atoms with Crippen LogP contribution in [0.4, 0.5) is 0 Å². The lowest BCUT2D eigenvalue weighted by molar-refractivity contribution is 0.0438. The lowest BCUT2D eigenvalue weighted by Gasteiger charge is -2.07. The molecule has 0 heterocycles. The molecule has 0 unspecified atom stereocenters. The zero-order valence-electron chi connectivity index (χ0n) is 10.9. The summed E-state index contributed by atoms with van der Waals surface area (Å²) in [5, 5.41) is 0. The highest BCUT2D eigenvalue weighted by Crippen LogP contribution is 2.12. The molecule has 0 aliphatic rings. The van der Waals surface area contributed by atoms with E-state index in [9.17, 15) is 13.2 Å². The Morgan fingerprint density at radius 1 is 1.32 bits per heavy atom. The van der Waals surface area contributed by atoms with Crippen LogP contribution < -0.4 is 4.89 Å². The van der Waals surface area contributed by atoms with Crippen molar-refractivity contribution < 1.29 is 22.8 Å². The molecule has 0 saturated heterocycles. The smallest absolute Gasteiger partial charge is 0.262 e. The molecule has 0 amide bonds. The molecule has 0 spiro atoms. The topological polar surface area (TPSA) is 81.7 Å². The second-order valence-corrected chi connectivity index (χ2v) is 5.38. The Kier molecular flexibility index (Phi) is 6.10. The molecule has 0 aromatic heterocycles. The number of ether oxygens (including phenoxy) is 1. The van der Waals surface area contributed by atoms with Crippen molar-refractivity contribution in [1.29, 1.82) is 0 Å². The average molecular weight is 287 g/mol. The molecular weight excluding hydrogens is 270 g/mol. The van der Waals surface area contributed by atoms with Crippen LogP contribution in [-0.2, 0) is 19.6 Å². The zero-order chi connectivity index (χ0) is 14.3. The molecule has 1 N–H and O–H groups in total. The van der Waals surface area contributed by atoms with Gasteiger partial charge in [0.25, 0.3) is 10.0 Å². The largest absolute Gasteiger partial charge is 0.382 e. The minimum Gasteiger partial charge on any atom is -0.382 e. The van der Waals surface area contributed by atoms with Crippen molar-refractivity contribution in [1.82, 2.24) is 4.89 Å². The van der Waals surface area contributed by atoms with Crippen LogP contribution in [0.25, 0.3) is 0 Å². The van der Waals surface area contributed by atoms with Gasteiger partial charge in [0.1, 0.15) is 0 Å². The van der Waals surface area contributed by atoms with E-state index in [0.717, 1.165) is 0 Å². The summed E-state index contributed by atoms with van der Waals surface area (Å²) in [7, 11) is -2.30. The fraction of sp³-hybridized carbons (Fsp3) is 0.417. The van der Waals surface area contributed by atoms with Gasteiger partial charge in [-0.2, -0.15) is 0 Å². The SMILES string of the molecule is CCC(=O)c1cccc(S(=O)(=O)NOCCOC)c1. The molecule has 1 aromatic carbocycles. The maximum Gasteiger partial charge on any atom is 0.262 e. The normalized spacial score (nSPS) is 11.5. The van der Waals surface area contributed by atoms with Gasteiger partial charge in [0.05, 0.1) is 18.1 Å². The second-order valence-electron chi connectivity index (χ2n) is 3.73. The molecule has 0 bridgehead atoms. The quantitative estimate of drug-likeness (QED) is 0.440. The molecule has 19 heavy (non-hydrogen) atoms. The van der Waals surface area contributed by atoms with Crippen molar-refractivity contribution in [2.24, 2.45) is 0 Å². The van der Waals surface area contributed by atoms with Gasteiger partial charge in [-0.25, -0.2) is 8.42 Å². The first kappa shape index (κ1) is 15.8. The van der Waals surface area contributed by atoms with E-state index in [1.165, 1.54) is 25.3 Å². The first-order valence-corrected chi connectivity index (χ1v) is 7.25. The minimum absolute atomic E-state index is 0.00998. The summed E-state index contributed by atoms with van der Waals surface area (Å²) in [5.74, 6) is -0.114. The Balaban J connectivity index is 2.80. The Hall–Kier alpha value is -1.28. The van der Waals surface area contributed by atoms with E-state index >= 15 is 0 Å². The Morgan fingerprint density at radius 2 is 2.05 bits per heavy atom. The van der Waals surface area contributed by atoms with Crippen LogP contribution in [0.3, 0.4) is 0 Å².